The predicted octanol–water partition coefficient (Wildman–Crippen LogP) is 5.78. The summed E-state index contributed by atoms with van der Waals surface area (Å²) in [6.45, 7) is 3.55. The highest BCUT2D eigenvalue weighted by molar-refractivity contribution is 9.09. The van der Waals surface area contributed by atoms with Crippen LogP contribution < -0.4 is 0 Å². The van der Waals surface area contributed by atoms with Crippen LogP contribution in [0.4, 0.5) is 0 Å². The first kappa shape index (κ1) is 16.4. The van der Waals surface area contributed by atoms with Crippen molar-refractivity contribution in [2.75, 3.05) is 18.4 Å². The van der Waals surface area contributed by atoms with Crippen LogP contribution in [0, 0.1) is 0 Å². The van der Waals surface area contributed by atoms with Gasteiger partial charge in [0, 0.05) is 41.6 Å². The summed E-state index contributed by atoms with van der Waals surface area (Å²) in [6.07, 6.45) is 11.1. The van der Waals surface area contributed by atoms with Crippen LogP contribution in [0.15, 0.2) is 18.2 Å². The largest absolute Gasteiger partial charge is 0.342 e. The number of rotatable bonds is 3. The van der Waals surface area contributed by atoms with Crippen molar-refractivity contribution in [3.63, 3.8) is 0 Å². The smallest absolute Gasteiger partial charge is 0.0504 e. The molecular weight excluding hydrogens is 372 g/mol. The molecule has 1 aliphatic heterocycles. The highest BCUT2D eigenvalue weighted by Crippen LogP contribution is 2.43. The zero-order valence-corrected chi connectivity index (χ0v) is 16.7. The van der Waals surface area contributed by atoms with Gasteiger partial charge in [0.15, 0.2) is 0 Å². The van der Waals surface area contributed by atoms with E-state index in [1.807, 2.05) is 0 Å². The van der Waals surface area contributed by atoms with Gasteiger partial charge in [-0.25, -0.2) is 0 Å². The lowest BCUT2D eigenvalue weighted by molar-refractivity contribution is 0.151. The average molecular weight is 401 g/mol. The number of halogens is 1. The fourth-order valence-electron chi connectivity index (χ4n) is 5.76. The molecule has 0 radical (unpaired) electrons. The van der Waals surface area contributed by atoms with Crippen molar-refractivity contribution in [2.24, 2.45) is 0 Å². The van der Waals surface area contributed by atoms with E-state index in [0.717, 1.165) is 17.8 Å². The van der Waals surface area contributed by atoms with Gasteiger partial charge in [-0.05, 0) is 61.3 Å². The van der Waals surface area contributed by atoms with Gasteiger partial charge >= 0.3 is 0 Å². The third-order valence-electron chi connectivity index (χ3n) is 6.96. The molecule has 2 heterocycles. The molecule has 2 aliphatic carbocycles. The number of nitrogens with zero attached hydrogens (tertiary/aromatic N) is 2. The lowest BCUT2D eigenvalue weighted by atomic mass is 9.83. The van der Waals surface area contributed by atoms with E-state index in [2.05, 4.69) is 43.6 Å². The fourth-order valence-corrected chi connectivity index (χ4v) is 6.22. The molecule has 25 heavy (non-hydrogen) atoms. The number of hydrogen-bond acceptors (Lipinski definition) is 1. The predicted molar refractivity (Wildman–Crippen MR) is 109 cm³/mol. The van der Waals surface area contributed by atoms with E-state index in [4.69, 9.17) is 0 Å². The van der Waals surface area contributed by atoms with Crippen molar-refractivity contribution < 1.29 is 0 Å². The Labute approximate surface area is 159 Å². The summed E-state index contributed by atoms with van der Waals surface area (Å²) in [5, 5.41) is 2.67. The first-order chi connectivity index (χ1) is 12.4. The van der Waals surface area contributed by atoms with Crippen molar-refractivity contribution in [1.82, 2.24) is 9.47 Å². The molecule has 1 aromatic carbocycles. The van der Waals surface area contributed by atoms with Crippen molar-refractivity contribution in [3.05, 3.63) is 35.0 Å². The zero-order chi connectivity index (χ0) is 16.8. The molecule has 1 saturated carbocycles. The van der Waals surface area contributed by atoms with Gasteiger partial charge in [0.2, 0.25) is 0 Å². The van der Waals surface area contributed by atoms with E-state index in [0.29, 0.717) is 6.04 Å². The monoisotopic (exact) mass is 400 g/mol. The van der Waals surface area contributed by atoms with Crippen molar-refractivity contribution in [1.29, 1.82) is 0 Å². The molecule has 0 spiro atoms. The molecule has 2 nitrogen and oxygen atoms in total. The van der Waals surface area contributed by atoms with Crippen LogP contribution in [0.3, 0.4) is 0 Å². The second-order valence-electron chi connectivity index (χ2n) is 8.26. The number of aryl methyl sites for hydroxylation is 1. The van der Waals surface area contributed by atoms with E-state index in [1.54, 1.807) is 22.2 Å². The van der Waals surface area contributed by atoms with Gasteiger partial charge in [0.05, 0.1) is 6.04 Å². The molecule has 3 heteroatoms. The molecule has 5 rings (SSSR count). The topological polar surface area (TPSA) is 8.17 Å². The summed E-state index contributed by atoms with van der Waals surface area (Å²) in [6, 6.07) is 8.14. The number of fused-ring (bicyclic) bond motifs is 3. The van der Waals surface area contributed by atoms with Crippen molar-refractivity contribution in [2.45, 2.75) is 69.9 Å². The molecule has 0 bridgehead atoms. The van der Waals surface area contributed by atoms with Gasteiger partial charge in [-0.2, -0.15) is 0 Å². The number of aromatic nitrogens is 1. The fraction of sp³-hybridized carbons (Fsp3) is 0.636. The lowest BCUT2D eigenvalue weighted by Gasteiger charge is -2.39. The zero-order valence-electron chi connectivity index (χ0n) is 15.1. The maximum atomic E-state index is 3.66. The minimum atomic E-state index is 0.653. The summed E-state index contributed by atoms with van der Waals surface area (Å²) in [5.41, 5.74) is 6.47. The molecule has 3 aliphatic rings. The van der Waals surface area contributed by atoms with E-state index in [1.165, 1.54) is 70.0 Å². The Morgan fingerprint density at radius 3 is 2.72 bits per heavy atom. The SMILES string of the molecule is BrCCN1CCn2c3c(c4cc(C5CCCCC5)ccc42)CCC[C@H]31. The Balaban J connectivity index is 1.60. The van der Waals surface area contributed by atoms with Gasteiger partial charge in [-0.15, -0.1) is 0 Å². The third-order valence-corrected chi connectivity index (χ3v) is 7.31. The van der Waals surface area contributed by atoms with Crippen LogP contribution in [0.25, 0.3) is 10.9 Å². The summed E-state index contributed by atoms with van der Waals surface area (Å²) >= 11 is 3.66. The molecule has 2 aromatic rings. The first-order valence-corrected chi connectivity index (χ1v) is 11.4. The second-order valence-corrected chi connectivity index (χ2v) is 9.05. The van der Waals surface area contributed by atoms with Gasteiger partial charge in [-0.3, -0.25) is 4.90 Å². The normalized spacial score (nSPS) is 24.6. The minimum Gasteiger partial charge on any atom is -0.342 e. The Morgan fingerprint density at radius 1 is 1.00 bits per heavy atom. The standard InChI is InChI=1S/C22H29BrN2/c23-11-12-24-13-14-25-20-10-9-17(16-5-2-1-3-6-16)15-19(20)18-7-4-8-21(24)22(18)25/h9-10,15-16,21H,1-8,11-14H2/t21-/m1/s1. The molecule has 1 fully saturated rings. The van der Waals surface area contributed by atoms with E-state index in [-0.39, 0.29) is 0 Å². The summed E-state index contributed by atoms with van der Waals surface area (Å²) in [5.74, 6) is 0.812. The Bertz CT molecular complexity index is 772. The summed E-state index contributed by atoms with van der Waals surface area (Å²) in [7, 11) is 0. The molecule has 0 N–H and O–H groups in total. The summed E-state index contributed by atoms with van der Waals surface area (Å²) in [4.78, 5) is 2.72. The quantitative estimate of drug-likeness (QED) is 0.592. The Kier molecular flexibility index (Phi) is 4.41. The van der Waals surface area contributed by atoms with E-state index < -0.39 is 0 Å². The maximum absolute atomic E-state index is 3.66. The molecule has 1 atom stereocenters. The van der Waals surface area contributed by atoms with E-state index >= 15 is 0 Å². The van der Waals surface area contributed by atoms with Crippen LogP contribution in [0.1, 0.15) is 73.7 Å². The number of hydrogen-bond donors (Lipinski definition) is 0. The molecule has 0 amide bonds. The second kappa shape index (κ2) is 6.74. The molecule has 134 valence electrons. The van der Waals surface area contributed by atoms with Crippen molar-refractivity contribution >= 4 is 26.8 Å². The van der Waals surface area contributed by atoms with Crippen molar-refractivity contribution in [3.8, 4) is 0 Å². The average Bonchev–Trinajstić information content (AvgIpc) is 3.00. The Hall–Kier alpha value is -0.800. The van der Waals surface area contributed by atoms with Gasteiger partial charge in [-0.1, -0.05) is 41.3 Å². The van der Waals surface area contributed by atoms with Crippen LogP contribution >= 0.6 is 15.9 Å². The highest BCUT2D eigenvalue weighted by Gasteiger charge is 2.34. The van der Waals surface area contributed by atoms with Crippen LogP contribution in [-0.4, -0.2) is 27.9 Å². The lowest BCUT2D eigenvalue weighted by Crippen LogP contribution is -2.40. The van der Waals surface area contributed by atoms with Gasteiger partial charge in [0.1, 0.15) is 0 Å². The van der Waals surface area contributed by atoms with Crippen LogP contribution in [-0.2, 0) is 13.0 Å². The molecule has 0 unspecified atom stereocenters. The summed E-state index contributed by atoms with van der Waals surface area (Å²) < 4.78 is 2.67. The first-order valence-electron chi connectivity index (χ1n) is 10.3. The highest BCUT2D eigenvalue weighted by atomic mass is 79.9. The minimum absolute atomic E-state index is 0.653. The van der Waals surface area contributed by atoms with Crippen LogP contribution in [0.5, 0.6) is 0 Å². The molecule has 0 saturated heterocycles. The van der Waals surface area contributed by atoms with E-state index in [9.17, 15) is 0 Å². The Morgan fingerprint density at radius 2 is 1.88 bits per heavy atom. The number of alkyl halides is 1. The number of benzene rings is 1. The van der Waals surface area contributed by atoms with Gasteiger partial charge in [0.25, 0.3) is 0 Å². The third kappa shape index (κ3) is 2.70. The molecular formula is C22H29BrN2. The van der Waals surface area contributed by atoms with Gasteiger partial charge < -0.3 is 4.57 Å². The van der Waals surface area contributed by atoms with Crippen LogP contribution in [0.2, 0.25) is 0 Å². The maximum Gasteiger partial charge on any atom is 0.0504 e. The molecule has 1 aromatic heterocycles.